The zero-order chi connectivity index (χ0) is 42.6. The first kappa shape index (κ1) is 37.4. The molecular formula is C56H33B4NO2. The zero-order valence-corrected chi connectivity index (χ0v) is 34.1. The number of aromatic hydroxyl groups is 1. The van der Waals surface area contributed by atoms with Gasteiger partial charge in [0.05, 0.1) is 16.5 Å². The van der Waals surface area contributed by atoms with Crippen LogP contribution >= 0.6 is 0 Å². The molecule has 0 bridgehead atoms. The predicted molar refractivity (Wildman–Crippen MR) is 259 cm³/mol. The van der Waals surface area contributed by atoms with Crippen molar-refractivity contribution in [3.05, 3.63) is 239 Å². The van der Waals surface area contributed by atoms with Crippen molar-refractivity contribution < 1.29 is 9.84 Å². The van der Waals surface area contributed by atoms with Crippen LogP contribution in [0, 0.1) is 0 Å². The number of nitrogens with zero attached hydrogens (tertiary/aromatic N) is 1. The smallest absolute Gasteiger partial charge is 0.132 e. The first-order chi connectivity index (χ1) is 30.9. The number of phenolic OH excluding ortho intramolecular Hbond substituents is 1. The maximum atomic E-state index is 11.6. The van der Waals surface area contributed by atoms with Gasteiger partial charge in [-0.15, -0.1) is 5.46 Å². The minimum atomic E-state index is -0.795. The van der Waals surface area contributed by atoms with Gasteiger partial charge >= 0.3 is 0 Å². The van der Waals surface area contributed by atoms with E-state index in [1.807, 2.05) is 36.4 Å². The SMILES string of the molecule is [B]c1c([B])c(O)c([B])c(N(c2ccc3c(c2)-c2ccccc2C32c3ccccc3Oc3ccccc32)c2ccccc2C2(c3ccccc3)c3ccccc3-c3ccccc32)c1[B]. The van der Waals surface area contributed by atoms with Gasteiger partial charge in [-0.05, 0) is 91.4 Å². The molecule has 286 valence electrons. The van der Waals surface area contributed by atoms with Crippen molar-refractivity contribution in [1.29, 1.82) is 0 Å². The molecule has 3 aliphatic rings. The molecule has 8 radical (unpaired) electrons. The van der Waals surface area contributed by atoms with Crippen LogP contribution in [0.4, 0.5) is 17.1 Å². The second-order valence-corrected chi connectivity index (χ2v) is 16.5. The fourth-order valence-electron chi connectivity index (χ4n) is 11.1. The van der Waals surface area contributed by atoms with Crippen molar-refractivity contribution in [3.63, 3.8) is 0 Å². The number of anilines is 3. The number of fused-ring (bicyclic) bond motifs is 12. The molecule has 0 unspecified atom stereocenters. The summed E-state index contributed by atoms with van der Waals surface area (Å²) in [6.07, 6.45) is 0. The molecule has 0 saturated carbocycles. The molecule has 1 aliphatic heterocycles. The second kappa shape index (κ2) is 13.8. The van der Waals surface area contributed by atoms with Gasteiger partial charge in [0.15, 0.2) is 0 Å². The van der Waals surface area contributed by atoms with Gasteiger partial charge in [-0.1, -0.05) is 175 Å². The molecule has 0 fully saturated rings. The van der Waals surface area contributed by atoms with Crippen LogP contribution in [-0.4, -0.2) is 36.5 Å². The number of benzene rings is 9. The van der Waals surface area contributed by atoms with E-state index in [0.29, 0.717) is 5.69 Å². The van der Waals surface area contributed by atoms with Gasteiger partial charge in [-0.3, -0.25) is 0 Å². The molecule has 9 aromatic rings. The Morgan fingerprint density at radius 3 is 1.44 bits per heavy atom. The average molecular weight is 795 g/mol. The number of phenols is 1. The number of hydrogen-bond donors (Lipinski definition) is 1. The third-order valence-electron chi connectivity index (χ3n) is 13.6. The Labute approximate surface area is 372 Å². The lowest BCUT2D eigenvalue weighted by Gasteiger charge is -2.40. The van der Waals surface area contributed by atoms with Crippen LogP contribution in [-0.2, 0) is 10.8 Å². The summed E-state index contributed by atoms with van der Waals surface area (Å²) < 4.78 is 6.61. The molecule has 1 spiro atoms. The Morgan fingerprint density at radius 2 is 0.841 bits per heavy atom. The van der Waals surface area contributed by atoms with E-state index in [-0.39, 0.29) is 27.6 Å². The molecule has 0 aromatic heterocycles. The number of ether oxygens (including phenoxy) is 1. The van der Waals surface area contributed by atoms with Gasteiger partial charge in [-0.25, -0.2) is 0 Å². The van der Waals surface area contributed by atoms with Crippen LogP contribution in [0.25, 0.3) is 22.3 Å². The Bertz CT molecular complexity index is 3240. The highest BCUT2D eigenvalue weighted by atomic mass is 16.5. The minimum Gasteiger partial charge on any atom is -0.509 e. The summed E-state index contributed by atoms with van der Waals surface area (Å²) in [4.78, 5) is 2.06. The minimum absolute atomic E-state index is 0.0136. The van der Waals surface area contributed by atoms with Gasteiger partial charge < -0.3 is 14.7 Å². The van der Waals surface area contributed by atoms with Crippen LogP contribution in [0.15, 0.2) is 194 Å². The van der Waals surface area contributed by atoms with E-state index in [1.165, 1.54) is 0 Å². The fraction of sp³-hybridized carbons (Fsp3) is 0.0357. The topological polar surface area (TPSA) is 32.7 Å². The molecule has 9 aromatic carbocycles. The van der Waals surface area contributed by atoms with Crippen molar-refractivity contribution in [2.45, 2.75) is 10.8 Å². The van der Waals surface area contributed by atoms with E-state index in [2.05, 4.69) is 163 Å². The molecule has 12 rings (SSSR count). The van der Waals surface area contributed by atoms with Crippen LogP contribution in [0.3, 0.4) is 0 Å². The summed E-state index contributed by atoms with van der Waals surface area (Å²) >= 11 is 0. The molecule has 7 heteroatoms. The van der Waals surface area contributed by atoms with Crippen LogP contribution in [0.2, 0.25) is 0 Å². The first-order valence-electron chi connectivity index (χ1n) is 21.1. The highest BCUT2D eigenvalue weighted by Gasteiger charge is 2.52. The Kier molecular flexibility index (Phi) is 8.21. The molecular weight excluding hydrogens is 762 g/mol. The number of rotatable bonds is 5. The highest BCUT2D eigenvalue weighted by Crippen LogP contribution is 2.63. The largest absolute Gasteiger partial charge is 0.509 e. The van der Waals surface area contributed by atoms with Crippen molar-refractivity contribution in [2.24, 2.45) is 0 Å². The van der Waals surface area contributed by atoms with Gasteiger partial charge in [0.2, 0.25) is 0 Å². The normalized spacial score (nSPS) is 14.1. The summed E-state index contributed by atoms with van der Waals surface area (Å²) in [5, 5.41) is 11.6. The first-order valence-corrected chi connectivity index (χ1v) is 21.1. The summed E-state index contributed by atoms with van der Waals surface area (Å²) in [7, 11) is 27.2. The van der Waals surface area contributed by atoms with Crippen molar-refractivity contribution in [2.75, 3.05) is 4.90 Å². The summed E-state index contributed by atoms with van der Waals surface area (Å²) in [5.74, 6) is 1.31. The summed E-state index contributed by atoms with van der Waals surface area (Å²) in [6, 6.07) is 68.1. The monoisotopic (exact) mass is 795 g/mol. The molecule has 1 heterocycles. The molecule has 0 amide bonds. The van der Waals surface area contributed by atoms with Crippen molar-refractivity contribution >= 4 is 70.3 Å². The standard InChI is InChI=1S/C56H33B4NO2/c57-49-50(58)53(52(60)54(62)51(49)59)61(46-27-13-10-24-43(46)55(33-16-2-1-3-17-33)39-21-7-4-18-35(39)36-19-5-8-22-40(36)55)34-30-31-42-38(32-34)37-20-6-9-23-41(37)56(42)44-25-11-14-28-47(44)63-48-29-15-12-26-45(48)56/h1-32,62H. The lowest BCUT2D eigenvalue weighted by Crippen LogP contribution is -2.46. The van der Waals surface area contributed by atoms with Gasteiger partial charge in [0.25, 0.3) is 0 Å². The van der Waals surface area contributed by atoms with Gasteiger partial charge in [0.1, 0.15) is 48.6 Å². The summed E-state index contributed by atoms with van der Waals surface area (Å²) in [5.41, 5.74) is 13.8. The highest BCUT2D eigenvalue weighted by molar-refractivity contribution is 6.62. The maximum absolute atomic E-state index is 11.6. The molecule has 1 N–H and O–H groups in total. The second-order valence-electron chi connectivity index (χ2n) is 16.5. The van der Waals surface area contributed by atoms with E-state index in [9.17, 15) is 5.11 Å². The molecule has 0 saturated heterocycles. The van der Waals surface area contributed by atoms with E-state index in [1.54, 1.807) is 0 Å². The van der Waals surface area contributed by atoms with E-state index >= 15 is 0 Å². The molecule has 3 nitrogen and oxygen atoms in total. The third kappa shape index (κ3) is 4.91. The lowest BCUT2D eigenvalue weighted by atomic mass is 9.65. The maximum Gasteiger partial charge on any atom is 0.132 e. The molecule has 0 atom stereocenters. The van der Waals surface area contributed by atoms with E-state index in [0.717, 1.165) is 89.6 Å². The fourth-order valence-corrected chi connectivity index (χ4v) is 11.1. The summed E-state index contributed by atoms with van der Waals surface area (Å²) in [6.45, 7) is 0. The van der Waals surface area contributed by atoms with Crippen molar-refractivity contribution in [3.8, 4) is 39.5 Å². The quantitative estimate of drug-likeness (QED) is 0.177. The Balaban J connectivity index is 1.19. The van der Waals surface area contributed by atoms with Crippen LogP contribution in [0.5, 0.6) is 17.2 Å². The molecule has 63 heavy (non-hydrogen) atoms. The Hall–Kier alpha value is -7.36. The van der Waals surface area contributed by atoms with Gasteiger partial charge in [-0.2, -0.15) is 0 Å². The van der Waals surface area contributed by atoms with Crippen molar-refractivity contribution in [1.82, 2.24) is 0 Å². The van der Waals surface area contributed by atoms with Crippen LogP contribution < -0.4 is 31.5 Å². The number of hydrogen-bond acceptors (Lipinski definition) is 3. The average Bonchev–Trinajstić information content (AvgIpc) is 3.80. The number of para-hydroxylation sites is 3. The van der Waals surface area contributed by atoms with Gasteiger partial charge in [0, 0.05) is 22.5 Å². The predicted octanol–water partition coefficient (Wildman–Crippen LogP) is 8.87. The third-order valence-corrected chi connectivity index (χ3v) is 13.6. The van der Waals surface area contributed by atoms with E-state index in [4.69, 9.17) is 36.1 Å². The van der Waals surface area contributed by atoms with E-state index < -0.39 is 10.8 Å². The molecule has 2 aliphatic carbocycles. The zero-order valence-electron chi connectivity index (χ0n) is 34.1. The lowest BCUT2D eigenvalue weighted by molar-refractivity contribution is 0.436. The van der Waals surface area contributed by atoms with Crippen LogP contribution in [0.1, 0.15) is 44.5 Å². The Morgan fingerprint density at radius 1 is 0.381 bits per heavy atom.